The molecule has 0 N–H and O–H groups in total. The molecule has 2 rings (SSSR count). The minimum absolute atomic E-state index is 0.123. The third-order valence-corrected chi connectivity index (χ3v) is 3.13. The summed E-state index contributed by atoms with van der Waals surface area (Å²) in [4.78, 5) is 0.123. The first-order valence-electron chi connectivity index (χ1n) is 3.80. The van der Waals surface area contributed by atoms with Crippen molar-refractivity contribution in [3.8, 4) is 0 Å². The molecule has 0 nitrogen and oxygen atoms in total. The van der Waals surface area contributed by atoms with Gasteiger partial charge in [-0.1, -0.05) is 15.9 Å². The SMILES string of the molecule is Fc1cc(F)c2c(c1)C(Br)CC2. The van der Waals surface area contributed by atoms with Crippen molar-refractivity contribution in [2.75, 3.05) is 0 Å². The third kappa shape index (κ3) is 1.16. The van der Waals surface area contributed by atoms with Gasteiger partial charge in [-0.05, 0) is 30.0 Å². The Morgan fingerprint density at radius 3 is 2.83 bits per heavy atom. The maximum Gasteiger partial charge on any atom is 0.129 e. The van der Waals surface area contributed by atoms with Crippen LogP contribution in [0.15, 0.2) is 12.1 Å². The minimum atomic E-state index is -0.488. The van der Waals surface area contributed by atoms with Crippen molar-refractivity contribution in [1.29, 1.82) is 0 Å². The quantitative estimate of drug-likeness (QED) is 0.603. The zero-order valence-corrected chi connectivity index (χ0v) is 7.87. The van der Waals surface area contributed by atoms with E-state index in [4.69, 9.17) is 0 Å². The molecule has 1 aromatic carbocycles. The Balaban J connectivity index is 2.60. The van der Waals surface area contributed by atoms with E-state index in [2.05, 4.69) is 15.9 Å². The van der Waals surface area contributed by atoms with Gasteiger partial charge in [-0.15, -0.1) is 0 Å². The molecule has 0 fully saturated rings. The molecule has 0 bridgehead atoms. The van der Waals surface area contributed by atoms with Crippen LogP contribution in [-0.2, 0) is 6.42 Å². The molecule has 1 atom stereocenters. The topological polar surface area (TPSA) is 0 Å². The average Bonchev–Trinajstić information content (AvgIpc) is 2.33. The highest BCUT2D eigenvalue weighted by Gasteiger charge is 2.23. The summed E-state index contributed by atoms with van der Waals surface area (Å²) in [6, 6.07) is 2.36. The summed E-state index contributed by atoms with van der Waals surface area (Å²) in [5, 5.41) is 0. The monoisotopic (exact) mass is 232 g/mol. The van der Waals surface area contributed by atoms with E-state index < -0.39 is 11.6 Å². The van der Waals surface area contributed by atoms with Gasteiger partial charge in [0, 0.05) is 10.9 Å². The molecular formula is C9H7BrF2. The molecule has 1 unspecified atom stereocenters. The van der Waals surface area contributed by atoms with Crippen LogP contribution in [0.2, 0.25) is 0 Å². The van der Waals surface area contributed by atoms with Gasteiger partial charge in [-0.25, -0.2) is 8.78 Å². The Morgan fingerprint density at radius 2 is 2.08 bits per heavy atom. The first-order chi connectivity index (χ1) is 5.68. The van der Waals surface area contributed by atoms with Crippen molar-refractivity contribution >= 4 is 15.9 Å². The molecule has 0 heterocycles. The standard InChI is InChI=1S/C9H7BrF2/c10-8-2-1-6-7(8)3-5(11)4-9(6)12/h3-4,8H,1-2H2. The van der Waals surface area contributed by atoms with E-state index in [-0.39, 0.29) is 4.83 Å². The Morgan fingerprint density at radius 1 is 1.33 bits per heavy atom. The molecule has 0 radical (unpaired) electrons. The molecule has 0 saturated heterocycles. The molecule has 0 spiro atoms. The van der Waals surface area contributed by atoms with Crippen LogP contribution in [0.25, 0.3) is 0 Å². The highest BCUT2D eigenvalue weighted by atomic mass is 79.9. The molecule has 0 saturated carbocycles. The number of rotatable bonds is 0. The van der Waals surface area contributed by atoms with Crippen LogP contribution < -0.4 is 0 Å². The molecule has 12 heavy (non-hydrogen) atoms. The largest absolute Gasteiger partial charge is 0.207 e. The lowest BCUT2D eigenvalue weighted by molar-refractivity contribution is 0.574. The molecule has 1 aromatic rings. The van der Waals surface area contributed by atoms with Crippen LogP contribution in [0.5, 0.6) is 0 Å². The summed E-state index contributed by atoms with van der Waals surface area (Å²) >= 11 is 3.37. The number of benzene rings is 1. The second-order valence-electron chi connectivity index (χ2n) is 2.96. The molecular weight excluding hydrogens is 226 g/mol. The fourth-order valence-corrected chi connectivity index (χ4v) is 2.23. The second kappa shape index (κ2) is 2.80. The highest BCUT2D eigenvalue weighted by molar-refractivity contribution is 9.09. The maximum atomic E-state index is 13.1. The summed E-state index contributed by atoms with van der Waals surface area (Å²) in [7, 11) is 0. The Hall–Kier alpha value is -0.440. The van der Waals surface area contributed by atoms with Crippen LogP contribution in [0, 0.1) is 11.6 Å². The lowest BCUT2D eigenvalue weighted by Gasteiger charge is -2.03. The van der Waals surface area contributed by atoms with Crippen LogP contribution in [0.3, 0.4) is 0 Å². The molecule has 0 amide bonds. The van der Waals surface area contributed by atoms with Gasteiger partial charge in [-0.2, -0.15) is 0 Å². The van der Waals surface area contributed by atoms with E-state index in [1.807, 2.05) is 0 Å². The van der Waals surface area contributed by atoms with Crippen LogP contribution in [0.4, 0.5) is 8.78 Å². The number of fused-ring (bicyclic) bond motifs is 1. The molecule has 0 aromatic heterocycles. The van der Waals surface area contributed by atoms with Crippen molar-refractivity contribution in [3.05, 3.63) is 34.9 Å². The predicted molar refractivity (Wildman–Crippen MR) is 46.3 cm³/mol. The van der Waals surface area contributed by atoms with E-state index in [9.17, 15) is 8.78 Å². The fourth-order valence-electron chi connectivity index (χ4n) is 1.59. The van der Waals surface area contributed by atoms with E-state index in [0.717, 1.165) is 18.1 Å². The molecule has 1 aliphatic rings. The Bertz CT molecular complexity index is 323. The summed E-state index contributed by atoms with van der Waals surface area (Å²) in [5.74, 6) is -0.899. The van der Waals surface area contributed by atoms with Crippen molar-refractivity contribution in [1.82, 2.24) is 0 Å². The maximum absolute atomic E-state index is 13.1. The van der Waals surface area contributed by atoms with Crippen LogP contribution in [0.1, 0.15) is 22.4 Å². The van der Waals surface area contributed by atoms with Gasteiger partial charge in [0.25, 0.3) is 0 Å². The number of alkyl halides is 1. The summed E-state index contributed by atoms with van der Waals surface area (Å²) < 4.78 is 25.8. The second-order valence-corrected chi connectivity index (χ2v) is 4.07. The normalized spacial score (nSPS) is 21.1. The van der Waals surface area contributed by atoms with Crippen LogP contribution in [-0.4, -0.2) is 0 Å². The van der Waals surface area contributed by atoms with Gasteiger partial charge in [0.1, 0.15) is 11.6 Å². The molecule has 3 heteroatoms. The number of hydrogen-bond acceptors (Lipinski definition) is 0. The number of halogens is 3. The van der Waals surface area contributed by atoms with Gasteiger partial charge >= 0.3 is 0 Å². The summed E-state index contributed by atoms with van der Waals surface area (Å²) in [6.07, 6.45) is 1.56. The smallest absolute Gasteiger partial charge is 0.129 e. The highest BCUT2D eigenvalue weighted by Crippen LogP contribution is 2.38. The summed E-state index contributed by atoms with van der Waals surface area (Å²) in [6.45, 7) is 0. The van der Waals surface area contributed by atoms with E-state index >= 15 is 0 Å². The molecule has 0 aliphatic heterocycles. The lowest BCUT2D eigenvalue weighted by atomic mass is 10.1. The van der Waals surface area contributed by atoms with Gasteiger partial charge in [0.15, 0.2) is 0 Å². The van der Waals surface area contributed by atoms with E-state index in [1.165, 1.54) is 6.07 Å². The molecule has 64 valence electrons. The molecule has 1 aliphatic carbocycles. The Labute approximate surface area is 77.7 Å². The first-order valence-corrected chi connectivity index (χ1v) is 4.72. The summed E-state index contributed by atoms with van der Waals surface area (Å²) in [5.41, 5.74) is 1.44. The Kier molecular flexibility index (Phi) is 1.91. The van der Waals surface area contributed by atoms with Gasteiger partial charge in [-0.3, -0.25) is 0 Å². The lowest BCUT2D eigenvalue weighted by Crippen LogP contribution is -1.91. The van der Waals surface area contributed by atoms with Crippen molar-refractivity contribution < 1.29 is 8.78 Å². The predicted octanol–water partition coefficient (Wildman–Crippen LogP) is 3.35. The number of hydrogen-bond donors (Lipinski definition) is 0. The van der Waals surface area contributed by atoms with Crippen LogP contribution >= 0.6 is 15.9 Å². The van der Waals surface area contributed by atoms with Crippen molar-refractivity contribution in [3.63, 3.8) is 0 Å². The van der Waals surface area contributed by atoms with Crippen molar-refractivity contribution in [2.24, 2.45) is 0 Å². The van der Waals surface area contributed by atoms with Gasteiger partial charge in [0.2, 0.25) is 0 Å². The third-order valence-electron chi connectivity index (χ3n) is 2.18. The van der Waals surface area contributed by atoms with Gasteiger partial charge < -0.3 is 0 Å². The van der Waals surface area contributed by atoms with E-state index in [0.29, 0.717) is 12.0 Å². The fraction of sp³-hybridized carbons (Fsp3) is 0.333. The van der Waals surface area contributed by atoms with Crippen molar-refractivity contribution in [2.45, 2.75) is 17.7 Å². The van der Waals surface area contributed by atoms with E-state index in [1.54, 1.807) is 0 Å². The first kappa shape index (κ1) is 8.17. The van der Waals surface area contributed by atoms with Gasteiger partial charge in [0.05, 0.1) is 0 Å². The average molecular weight is 233 g/mol. The minimum Gasteiger partial charge on any atom is -0.207 e. The zero-order valence-electron chi connectivity index (χ0n) is 6.28. The zero-order chi connectivity index (χ0) is 8.72.